The number of thiophene rings is 1. The molecule has 2 heterocycles. The van der Waals surface area contributed by atoms with Crippen molar-refractivity contribution in [1.82, 2.24) is 9.97 Å². The molecule has 1 N–H and O–H groups in total. The van der Waals surface area contributed by atoms with Crippen LogP contribution in [0.1, 0.15) is 19.2 Å². The van der Waals surface area contributed by atoms with E-state index in [1.54, 1.807) is 11.3 Å². The molecule has 3 nitrogen and oxygen atoms in total. The number of hydrogen-bond acceptors (Lipinski definition) is 4. The van der Waals surface area contributed by atoms with Crippen molar-refractivity contribution in [3.8, 4) is 10.6 Å². The summed E-state index contributed by atoms with van der Waals surface area (Å²) in [6.45, 7) is 4.99. The van der Waals surface area contributed by atoms with Crippen LogP contribution in [-0.4, -0.2) is 16.5 Å². The van der Waals surface area contributed by atoms with E-state index >= 15 is 0 Å². The van der Waals surface area contributed by atoms with Crippen molar-refractivity contribution in [3.63, 3.8) is 0 Å². The standard InChI is InChI=1S/C12H14BrN3S/c1-3-5-14-11-7-10(15-8(2)16-11)12-9(13)4-6-17-12/h4,6-7H,3,5H2,1-2H3,(H,14,15,16). The minimum atomic E-state index is 0.793. The summed E-state index contributed by atoms with van der Waals surface area (Å²) in [6, 6.07) is 4.04. The second-order valence-electron chi connectivity index (χ2n) is 3.71. The first-order valence-corrected chi connectivity index (χ1v) is 7.21. The fourth-order valence-corrected chi connectivity index (χ4v) is 3.04. The Kier molecular flexibility index (Phi) is 4.12. The number of nitrogens with zero attached hydrogens (tertiary/aromatic N) is 2. The Morgan fingerprint density at radius 1 is 1.41 bits per heavy atom. The minimum Gasteiger partial charge on any atom is -0.370 e. The van der Waals surface area contributed by atoms with Crippen LogP contribution in [0, 0.1) is 6.92 Å². The monoisotopic (exact) mass is 311 g/mol. The number of aromatic nitrogens is 2. The van der Waals surface area contributed by atoms with Crippen LogP contribution in [0.2, 0.25) is 0 Å². The number of aryl methyl sites for hydroxylation is 1. The summed E-state index contributed by atoms with van der Waals surface area (Å²) in [7, 11) is 0. The molecule has 0 amide bonds. The molecule has 2 aromatic rings. The molecule has 0 spiro atoms. The van der Waals surface area contributed by atoms with Gasteiger partial charge in [-0.05, 0) is 40.7 Å². The van der Waals surface area contributed by atoms with Gasteiger partial charge in [0.05, 0.1) is 10.6 Å². The predicted octanol–water partition coefficient (Wildman–Crippen LogP) is 4.10. The smallest absolute Gasteiger partial charge is 0.130 e. The lowest BCUT2D eigenvalue weighted by molar-refractivity contribution is 0.955. The molecule has 0 bridgehead atoms. The van der Waals surface area contributed by atoms with E-state index in [1.165, 1.54) is 0 Å². The Morgan fingerprint density at radius 2 is 2.24 bits per heavy atom. The van der Waals surface area contributed by atoms with Crippen LogP contribution in [-0.2, 0) is 0 Å². The summed E-state index contributed by atoms with van der Waals surface area (Å²) >= 11 is 5.21. The van der Waals surface area contributed by atoms with Gasteiger partial charge in [0.1, 0.15) is 11.6 Å². The van der Waals surface area contributed by atoms with Crippen molar-refractivity contribution in [1.29, 1.82) is 0 Å². The summed E-state index contributed by atoms with van der Waals surface area (Å²) in [5.41, 5.74) is 0.970. The van der Waals surface area contributed by atoms with Crippen LogP contribution in [0.3, 0.4) is 0 Å². The fraction of sp³-hybridized carbons (Fsp3) is 0.333. The summed E-state index contributed by atoms with van der Waals surface area (Å²) in [5, 5.41) is 5.35. The molecule has 0 atom stereocenters. The quantitative estimate of drug-likeness (QED) is 0.923. The van der Waals surface area contributed by atoms with Crippen molar-refractivity contribution < 1.29 is 0 Å². The Bertz CT molecular complexity index is 510. The molecule has 0 saturated heterocycles. The molecule has 2 aromatic heterocycles. The van der Waals surface area contributed by atoms with Gasteiger partial charge in [-0.2, -0.15) is 0 Å². The Hall–Kier alpha value is -0.940. The largest absolute Gasteiger partial charge is 0.370 e. The third-order valence-electron chi connectivity index (χ3n) is 2.24. The van der Waals surface area contributed by atoms with Crippen LogP contribution >= 0.6 is 27.3 Å². The summed E-state index contributed by atoms with van der Waals surface area (Å²) in [4.78, 5) is 10.0. The van der Waals surface area contributed by atoms with Crippen LogP contribution in [0.5, 0.6) is 0 Å². The normalized spacial score (nSPS) is 10.5. The van der Waals surface area contributed by atoms with E-state index in [9.17, 15) is 0 Å². The molecule has 0 radical (unpaired) electrons. The first-order valence-electron chi connectivity index (χ1n) is 5.53. The SMILES string of the molecule is CCCNc1cc(-c2sccc2Br)nc(C)n1. The number of nitrogens with one attached hydrogen (secondary N) is 1. The van der Waals surface area contributed by atoms with Crippen molar-refractivity contribution in [2.24, 2.45) is 0 Å². The maximum Gasteiger partial charge on any atom is 0.130 e. The Balaban J connectivity index is 2.35. The van der Waals surface area contributed by atoms with Crippen molar-refractivity contribution in [2.75, 3.05) is 11.9 Å². The third kappa shape index (κ3) is 3.04. The molecule has 0 aliphatic carbocycles. The minimum absolute atomic E-state index is 0.793. The van der Waals surface area contributed by atoms with Gasteiger partial charge >= 0.3 is 0 Å². The lowest BCUT2D eigenvalue weighted by Gasteiger charge is -2.07. The summed E-state index contributed by atoms with van der Waals surface area (Å²) in [5.74, 6) is 1.69. The molecule has 0 aliphatic rings. The van der Waals surface area contributed by atoms with Gasteiger partial charge < -0.3 is 5.32 Å². The molecule has 2 rings (SSSR count). The molecule has 0 aliphatic heterocycles. The number of hydrogen-bond donors (Lipinski definition) is 1. The lowest BCUT2D eigenvalue weighted by Crippen LogP contribution is -2.04. The van der Waals surface area contributed by atoms with Crippen molar-refractivity contribution in [3.05, 3.63) is 27.8 Å². The van der Waals surface area contributed by atoms with Crippen LogP contribution in [0.4, 0.5) is 5.82 Å². The predicted molar refractivity (Wildman–Crippen MR) is 76.6 cm³/mol. The molecule has 90 valence electrons. The van der Waals surface area contributed by atoms with Crippen LogP contribution in [0.25, 0.3) is 10.6 Å². The number of rotatable bonds is 4. The maximum absolute atomic E-state index is 4.47. The zero-order chi connectivity index (χ0) is 12.3. The van der Waals surface area contributed by atoms with Crippen LogP contribution in [0.15, 0.2) is 22.0 Å². The molecular weight excluding hydrogens is 298 g/mol. The molecule has 0 fully saturated rings. The van der Waals surface area contributed by atoms with Gasteiger partial charge in [-0.15, -0.1) is 11.3 Å². The van der Waals surface area contributed by atoms with E-state index in [-0.39, 0.29) is 0 Å². The lowest BCUT2D eigenvalue weighted by atomic mass is 10.3. The third-order valence-corrected chi connectivity index (χ3v) is 4.10. The van der Waals surface area contributed by atoms with Gasteiger partial charge in [-0.25, -0.2) is 9.97 Å². The second-order valence-corrected chi connectivity index (χ2v) is 5.48. The fourth-order valence-electron chi connectivity index (χ4n) is 1.50. The van der Waals surface area contributed by atoms with Gasteiger partial charge in [0.2, 0.25) is 0 Å². The van der Waals surface area contributed by atoms with E-state index in [0.717, 1.165) is 39.7 Å². The van der Waals surface area contributed by atoms with Gasteiger partial charge in [-0.1, -0.05) is 6.92 Å². The summed E-state index contributed by atoms with van der Waals surface area (Å²) in [6.07, 6.45) is 1.08. The van der Waals surface area contributed by atoms with E-state index in [1.807, 2.05) is 19.1 Å². The Labute approximate surface area is 113 Å². The highest BCUT2D eigenvalue weighted by molar-refractivity contribution is 9.10. The first kappa shape index (κ1) is 12.5. The van der Waals surface area contributed by atoms with E-state index in [0.29, 0.717) is 0 Å². The van der Waals surface area contributed by atoms with Gasteiger partial charge in [0, 0.05) is 17.1 Å². The van der Waals surface area contributed by atoms with E-state index in [2.05, 4.69) is 43.5 Å². The average Bonchev–Trinajstić information content (AvgIpc) is 2.72. The Morgan fingerprint density at radius 3 is 2.88 bits per heavy atom. The van der Waals surface area contributed by atoms with E-state index < -0.39 is 0 Å². The topological polar surface area (TPSA) is 37.8 Å². The number of halogens is 1. The molecule has 0 unspecified atom stereocenters. The molecule has 0 aromatic carbocycles. The highest BCUT2D eigenvalue weighted by atomic mass is 79.9. The molecule has 5 heteroatoms. The zero-order valence-electron chi connectivity index (χ0n) is 9.83. The summed E-state index contributed by atoms with van der Waals surface area (Å²) < 4.78 is 1.09. The average molecular weight is 312 g/mol. The van der Waals surface area contributed by atoms with Crippen molar-refractivity contribution in [2.45, 2.75) is 20.3 Å². The highest BCUT2D eigenvalue weighted by Gasteiger charge is 2.08. The first-order chi connectivity index (χ1) is 8.20. The zero-order valence-corrected chi connectivity index (χ0v) is 12.2. The second kappa shape index (κ2) is 5.60. The van der Waals surface area contributed by atoms with Gasteiger partial charge in [0.25, 0.3) is 0 Å². The molecule has 17 heavy (non-hydrogen) atoms. The van der Waals surface area contributed by atoms with Gasteiger partial charge in [0.15, 0.2) is 0 Å². The van der Waals surface area contributed by atoms with Crippen LogP contribution < -0.4 is 5.32 Å². The highest BCUT2D eigenvalue weighted by Crippen LogP contribution is 2.33. The molecular formula is C12H14BrN3S. The van der Waals surface area contributed by atoms with Crippen molar-refractivity contribution >= 4 is 33.1 Å². The van der Waals surface area contributed by atoms with E-state index in [4.69, 9.17) is 0 Å². The number of anilines is 1. The maximum atomic E-state index is 4.47. The van der Waals surface area contributed by atoms with Gasteiger partial charge in [-0.3, -0.25) is 0 Å². The molecule has 0 saturated carbocycles.